The van der Waals surface area contributed by atoms with E-state index in [4.69, 9.17) is 0 Å². The topological polar surface area (TPSA) is 24.7 Å². The van der Waals surface area contributed by atoms with Gasteiger partial charge in [0.2, 0.25) is 0 Å². The van der Waals surface area contributed by atoms with Gasteiger partial charge in [0, 0.05) is 28.6 Å². The second kappa shape index (κ2) is 12.9. The van der Waals surface area contributed by atoms with Crippen molar-refractivity contribution >= 4 is 11.4 Å². The van der Waals surface area contributed by atoms with Crippen LogP contribution in [0.4, 0.5) is 0 Å². The Hall–Kier alpha value is -0.166. The molecule has 0 radical (unpaired) electrons. The molecule has 102 valence electrons. The quantitative estimate of drug-likeness (QED) is 0.419. The molecule has 0 N–H and O–H groups in total. The van der Waals surface area contributed by atoms with E-state index >= 15 is 0 Å². The van der Waals surface area contributed by atoms with Crippen LogP contribution in [-0.2, 0) is 16.5 Å². The number of aliphatic imine (C=N–C) groups is 2. The number of hydrogen-bond donors (Lipinski definition) is 0. The molecular weight excluding hydrogens is 243 g/mol. The summed E-state index contributed by atoms with van der Waals surface area (Å²) >= 11 is 0. The molecule has 0 aliphatic rings. The van der Waals surface area contributed by atoms with Crippen LogP contribution >= 0.6 is 0 Å². The van der Waals surface area contributed by atoms with Gasteiger partial charge in [-0.3, -0.25) is 9.98 Å². The molecule has 0 fully saturated rings. The third kappa shape index (κ3) is 11.9. The van der Waals surface area contributed by atoms with Crippen molar-refractivity contribution in [2.75, 3.05) is 0 Å². The maximum Gasteiger partial charge on any atom is 0.0556 e. The summed E-state index contributed by atoms with van der Waals surface area (Å²) in [7, 11) is 0. The molecule has 0 aromatic heterocycles. The molecule has 0 atom stereocenters. The van der Waals surface area contributed by atoms with Gasteiger partial charge in [0.05, 0.1) is 11.4 Å². The van der Waals surface area contributed by atoms with E-state index in [0.717, 1.165) is 17.8 Å². The normalized spacial score (nSPS) is 11.8. The number of rotatable bonds is 4. The Morgan fingerprint density at radius 1 is 0.938 bits per heavy atom. The molecule has 0 bridgehead atoms. The molecule has 0 unspecified atom stereocenters. The third-order valence-electron chi connectivity index (χ3n) is 1.62. The van der Waals surface area contributed by atoms with Gasteiger partial charge in [0.15, 0.2) is 0 Å². The van der Waals surface area contributed by atoms with Gasteiger partial charge in [0.1, 0.15) is 0 Å². The van der Waals surface area contributed by atoms with Crippen LogP contribution in [0.5, 0.6) is 0 Å². The van der Waals surface area contributed by atoms with Crippen molar-refractivity contribution in [3.8, 4) is 0 Å². The third-order valence-corrected chi connectivity index (χ3v) is 1.62. The molecule has 0 saturated carbocycles. The van der Waals surface area contributed by atoms with E-state index in [9.17, 15) is 0 Å². The molecular formula is C13H28N2Ni-2. The molecule has 0 amide bonds. The molecule has 0 aliphatic carbocycles. The summed E-state index contributed by atoms with van der Waals surface area (Å²) in [4.78, 5) is 9.02. The van der Waals surface area contributed by atoms with Crippen molar-refractivity contribution in [2.24, 2.45) is 9.98 Å². The molecule has 0 aliphatic heterocycles. The first-order valence-corrected chi connectivity index (χ1v) is 5.08. The number of nitrogens with zero attached hydrogens (tertiary/aromatic N) is 2. The Balaban J connectivity index is -0.000000240. The largest absolute Gasteiger partial charge is 0.358 e. The molecule has 0 aromatic rings. The summed E-state index contributed by atoms with van der Waals surface area (Å²) in [5, 5.41) is 0. The zero-order valence-corrected chi connectivity index (χ0v) is 13.1. The van der Waals surface area contributed by atoms with E-state index in [1.807, 2.05) is 6.92 Å². The van der Waals surface area contributed by atoms with Crippen LogP contribution in [-0.4, -0.2) is 23.5 Å². The SMILES string of the molecule is CCC(=NC(C)C)C(C)=NC(C)C.[CH3-].[CH3-].[Ni]. The van der Waals surface area contributed by atoms with Crippen molar-refractivity contribution in [1.82, 2.24) is 0 Å². The Morgan fingerprint density at radius 3 is 1.56 bits per heavy atom. The Morgan fingerprint density at radius 2 is 1.31 bits per heavy atom. The van der Waals surface area contributed by atoms with E-state index in [-0.39, 0.29) is 31.3 Å². The van der Waals surface area contributed by atoms with Crippen molar-refractivity contribution in [3.63, 3.8) is 0 Å². The molecule has 0 heterocycles. The molecule has 0 saturated heterocycles. The summed E-state index contributed by atoms with van der Waals surface area (Å²) in [6.45, 7) is 12.5. The molecule has 0 aromatic carbocycles. The fraction of sp³-hybridized carbons (Fsp3) is 0.692. The van der Waals surface area contributed by atoms with Crippen molar-refractivity contribution < 1.29 is 16.5 Å². The predicted molar refractivity (Wildman–Crippen MR) is 73.9 cm³/mol. The van der Waals surface area contributed by atoms with Gasteiger partial charge in [-0.2, -0.15) is 0 Å². The predicted octanol–water partition coefficient (Wildman–Crippen LogP) is 4.01. The van der Waals surface area contributed by atoms with Crippen molar-refractivity contribution in [2.45, 2.75) is 60.0 Å². The zero-order valence-electron chi connectivity index (χ0n) is 12.1. The van der Waals surface area contributed by atoms with E-state index < -0.39 is 0 Å². The van der Waals surface area contributed by atoms with Crippen LogP contribution in [0.3, 0.4) is 0 Å². The smallest absolute Gasteiger partial charge is 0.0556 e. The van der Waals surface area contributed by atoms with Crippen LogP contribution in [0, 0.1) is 14.9 Å². The fourth-order valence-corrected chi connectivity index (χ4v) is 1.21. The van der Waals surface area contributed by atoms with Gasteiger partial charge in [-0.1, -0.05) is 6.92 Å². The summed E-state index contributed by atoms with van der Waals surface area (Å²) in [5.41, 5.74) is 2.23. The van der Waals surface area contributed by atoms with Crippen LogP contribution < -0.4 is 0 Å². The van der Waals surface area contributed by atoms with Gasteiger partial charge >= 0.3 is 0 Å². The molecule has 16 heavy (non-hydrogen) atoms. The van der Waals surface area contributed by atoms with E-state index in [0.29, 0.717) is 12.1 Å². The Bertz CT molecular complexity index is 206. The van der Waals surface area contributed by atoms with Crippen molar-refractivity contribution in [1.29, 1.82) is 0 Å². The maximum atomic E-state index is 4.53. The summed E-state index contributed by atoms with van der Waals surface area (Å²) in [6.07, 6.45) is 0.972. The van der Waals surface area contributed by atoms with Crippen LogP contribution in [0.1, 0.15) is 48.0 Å². The minimum atomic E-state index is 0. The molecule has 0 rings (SSSR count). The zero-order chi connectivity index (χ0) is 10.4. The summed E-state index contributed by atoms with van der Waals surface area (Å²) in [6, 6.07) is 0.733. The molecule has 3 heteroatoms. The minimum Gasteiger partial charge on any atom is -0.358 e. The first kappa shape index (κ1) is 24.9. The van der Waals surface area contributed by atoms with Crippen molar-refractivity contribution in [3.05, 3.63) is 14.9 Å². The van der Waals surface area contributed by atoms with Gasteiger partial charge in [-0.05, 0) is 41.0 Å². The first-order chi connectivity index (χ1) is 5.97. The Kier molecular flexibility index (Phi) is 20.1. The van der Waals surface area contributed by atoms with Crippen LogP contribution in [0.25, 0.3) is 0 Å². The van der Waals surface area contributed by atoms with Crippen LogP contribution in [0.15, 0.2) is 9.98 Å². The average Bonchev–Trinajstić information content (AvgIpc) is 1.98. The van der Waals surface area contributed by atoms with E-state index in [2.05, 4.69) is 44.6 Å². The second-order valence-corrected chi connectivity index (χ2v) is 3.83. The van der Waals surface area contributed by atoms with Crippen LogP contribution in [0.2, 0.25) is 0 Å². The fourth-order valence-electron chi connectivity index (χ4n) is 1.21. The first-order valence-electron chi connectivity index (χ1n) is 5.08. The minimum absolute atomic E-state index is 0. The standard InChI is InChI=1S/C11H22N2.2CH3.Ni/c1-7-11(13-9(4)5)10(6)12-8(2)3;;;/h8-9H,7H2,1-6H3;2*1H3;/q;2*-1;. The molecule has 2 nitrogen and oxygen atoms in total. The monoisotopic (exact) mass is 270 g/mol. The van der Waals surface area contributed by atoms with Gasteiger partial charge in [-0.15, -0.1) is 0 Å². The average molecular weight is 271 g/mol. The van der Waals surface area contributed by atoms with Gasteiger partial charge in [-0.25, -0.2) is 0 Å². The summed E-state index contributed by atoms with van der Waals surface area (Å²) in [5.74, 6) is 0. The molecule has 0 spiro atoms. The van der Waals surface area contributed by atoms with Gasteiger partial charge < -0.3 is 14.9 Å². The summed E-state index contributed by atoms with van der Waals surface area (Å²) < 4.78 is 0. The number of hydrogen-bond acceptors (Lipinski definition) is 2. The second-order valence-electron chi connectivity index (χ2n) is 3.83. The maximum absolute atomic E-state index is 4.53. The Labute approximate surface area is 113 Å². The van der Waals surface area contributed by atoms with Gasteiger partial charge in [0.25, 0.3) is 0 Å². The van der Waals surface area contributed by atoms with E-state index in [1.165, 1.54) is 0 Å². The van der Waals surface area contributed by atoms with E-state index in [1.54, 1.807) is 0 Å².